The van der Waals surface area contributed by atoms with Crippen molar-refractivity contribution in [1.29, 1.82) is 0 Å². The molecule has 0 bridgehead atoms. The van der Waals surface area contributed by atoms with Gasteiger partial charge < -0.3 is 26.3 Å². The highest BCUT2D eigenvalue weighted by Gasteiger charge is 2.32. The molecular weight excluding hydrogens is 442 g/mol. The molecule has 3 rings (SSSR count). The molecule has 0 unspecified atom stereocenters. The Kier molecular flexibility index (Phi) is 7.38. The number of nitrogens with zero attached hydrogens (tertiary/aromatic N) is 4. The third-order valence-corrected chi connectivity index (χ3v) is 6.18. The highest BCUT2D eigenvalue weighted by Crippen LogP contribution is 2.26. The summed E-state index contributed by atoms with van der Waals surface area (Å²) in [5, 5.41) is 3.00. The van der Waals surface area contributed by atoms with Crippen LogP contribution in [0.3, 0.4) is 0 Å². The Hall–Kier alpha value is -3.62. The third kappa shape index (κ3) is 5.55. The van der Waals surface area contributed by atoms with Crippen molar-refractivity contribution < 1.29 is 9.59 Å². The second kappa shape index (κ2) is 9.93. The highest BCUT2D eigenvalue weighted by atomic mass is 16.2. The lowest BCUT2D eigenvalue weighted by atomic mass is 9.86. The first-order chi connectivity index (χ1) is 16.3. The SMILES string of the molecule is C=CC(=O)N1CC(NC(=O)c2c(C)nc(CN=C(N)c3cc(C(C)(C)C)ccc3N)n2C(C)C)C1. The van der Waals surface area contributed by atoms with E-state index in [9.17, 15) is 9.59 Å². The van der Waals surface area contributed by atoms with Gasteiger partial charge in [0.05, 0.1) is 18.3 Å². The molecule has 1 aliphatic heterocycles. The molecule has 1 saturated heterocycles. The van der Waals surface area contributed by atoms with E-state index >= 15 is 0 Å². The molecule has 1 aromatic carbocycles. The van der Waals surface area contributed by atoms with Crippen molar-refractivity contribution >= 4 is 23.3 Å². The molecule has 0 atom stereocenters. The fourth-order valence-electron chi connectivity index (χ4n) is 4.16. The number of nitrogens with one attached hydrogen (secondary N) is 1. The van der Waals surface area contributed by atoms with Crippen LogP contribution in [0.4, 0.5) is 5.69 Å². The number of carbonyl (C=O) groups is 2. The van der Waals surface area contributed by atoms with Crippen LogP contribution in [0.1, 0.15) is 73.8 Å². The fraction of sp³-hybridized carbons (Fsp3) is 0.462. The summed E-state index contributed by atoms with van der Waals surface area (Å²) >= 11 is 0. The minimum Gasteiger partial charge on any atom is -0.398 e. The number of aliphatic imine (C=N–C) groups is 1. The molecule has 0 radical (unpaired) electrons. The Morgan fingerprint density at radius 1 is 1.31 bits per heavy atom. The number of amides is 2. The number of hydrogen-bond donors (Lipinski definition) is 3. The summed E-state index contributed by atoms with van der Waals surface area (Å²) in [5.74, 6) is 0.625. The number of likely N-dealkylation sites (tertiary alicyclic amines) is 1. The molecule has 9 heteroatoms. The van der Waals surface area contributed by atoms with E-state index in [0.29, 0.717) is 47.4 Å². The van der Waals surface area contributed by atoms with Crippen LogP contribution < -0.4 is 16.8 Å². The van der Waals surface area contributed by atoms with E-state index in [1.807, 2.05) is 43.5 Å². The van der Waals surface area contributed by atoms with Gasteiger partial charge in [0.25, 0.3) is 5.91 Å². The van der Waals surface area contributed by atoms with Gasteiger partial charge in [-0.2, -0.15) is 0 Å². The lowest BCUT2D eigenvalue weighted by Crippen LogP contribution is -2.60. The Bertz CT molecular complexity index is 1170. The van der Waals surface area contributed by atoms with Crippen molar-refractivity contribution in [2.24, 2.45) is 10.7 Å². The second-order valence-corrected chi connectivity index (χ2v) is 10.3. The van der Waals surface area contributed by atoms with Crippen LogP contribution in [0.25, 0.3) is 0 Å². The standard InChI is InChI=1S/C26H37N7O2/c1-8-22(34)32-13-18(14-32)31-25(35)23-16(4)30-21(33(23)15(2)3)12-29-24(28)19-11-17(26(5,6)7)9-10-20(19)27/h8-11,15,18H,1,12-14,27H2,2-7H3,(H2,28,29)(H,31,35). The number of nitrogen functional groups attached to an aromatic ring is 1. The van der Waals surface area contributed by atoms with Gasteiger partial charge in [0.15, 0.2) is 0 Å². The molecule has 35 heavy (non-hydrogen) atoms. The quantitative estimate of drug-likeness (QED) is 0.243. The predicted molar refractivity (Wildman–Crippen MR) is 139 cm³/mol. The smallest absolute Gasteiger partial charge is 0.270 e. The molecule has 0 spiro atoms. The molecule has 0 saturated carbocycles. The summed E-state index contributed by atoms with van der Waals surface area (Å²) in [4.78, 5) is 35.6. The maximum absolute atomic E-state index is 13.1. The molecule has 188 valence electrons. The number of hydrogen-bond acceptors (Lipinski definition) is 5. The molecule has 0 aliphatic carbocycles. The zero-order valence-corrected chi connectivity index (χ0v) is 21.6. The van der Waals surface area contributed by atoms with E-state index in [2.05, 4.69) is 42.6 Å². The zero-order valence-electron chi connectivity index (χ0n) is 21.6. The van der Waals surface area contributed by atoms with Crippen LogP contribution in [0.5, 0.6) is 0 Å². The maximum Gasteiger partial charge on any atom is 0.270 e. The van der Waals surface area contributed by atoms with Crippen molar-refractivity contribution in [2.75, 3.05) is 18.8 Å². The fourth-order valence-corrected chi connectivity index (χ4v) is 4.16. The van der Waals surface area contributed by atoms with E-state index in [1.54, 1.807) is 4.90 Å². The molecule has 2 aromatic rings. The monoisotopic (exact) mass is 479 g/mol. The van der Waals surface area contributed by atoms with Crippen LogP contribution in [-0.4, -0.2) is 51.2 Å². The number of amidine groups is 1. The van der Waals surface area contributed by atoms with Gasteiger partial charge in [0.2, 0.25) is 5.91 Å². The van der Waals surface area contributed by atoms with E-state index in [1.165, 1.54) is 6.08 Å². The van der Waals surface area contributed by atoms with Gasteiger partial charge in [-0.25, -0.2) is 4.98 Å². The topological polar surface area (TPSA) is 132 Å². The van der Waals surface area contributed by atoms with Gasteiger partial charge >= 0.3 is 0 Å². The number of anilines is 1. The highest BCUT2D eigenvalue weighted by molar-refractivity contribution is 6.02. The number of rotatable bonds is 7. The Morgan fingerprint density at radius 2 is 1.97 bits per heavy atom. The van der Waals surface area contributed by atoms with Crippen LogP contribution in [-0.2, 0) is 16.8 Å². The molecule has 1 aliphatic rings. The van der Waals surface area contributed by atoms with Gasteiger partial charge in [0.1, 0.15) is 17.4 Å². The lowest BCUT2D eigenvalue weighted by Gasteiger charge is -2.39. The number of nitrogens with two attached hydrogens (primary N) is 2. The molecule has 5 N–H and O–H groups in total. The van der Waals surface area contributed by atoms with Crippen molar-refractivity contribution in [3.8, 4) is 0 Å². The van der Waals surface area contributed by atoms with Crippen LogP contribution in [0.15, 0.2) is 35.8 Å². The molecule has 2 amide bonds. The van der Waals surface area contributed by atoms with Crippen LogP contribution >= 0.6 is 0 Å². The number of imidazole rings is 1. The summed E-state index contributed by atoms with van der Waals surface area (Å²) in [6.07, 6.45) is 1.28. The molecular formula is C26H37N7O2. The average molecular weight is 480 g/mol. The minimum atomic E-state index is -0.218. The van der Waals surface area contributed by atoms with Gasteiger partial charge in [0, 0.05) is 30.4 Å². The Balaban J connectivity index is 1.82. The normalized spacial score (nSPS) is 14.7. The number of aryl methyl sites for hydroxylation is 1. The van der Waals surface area contributed by atoms with Gasteiger partial charge in [-0.05, 0) is 50.0 Å². The van der Waals surface area contributed by atoms with Crippen molar-refractivity contribution in [1.82, 2.24) is 19.8 Å². The minimum absolute atomic E-state index is 0.0158. The third-order valence-electron chi connectivity index (χ3n) is 6.18. The van der Waals surface area contributed by atoms with Crippen LogP contribution in [0.2, 0.25) is 0 Å². The number of benzene rings is 1. The first kappa shape index (κ1) is 26.0. The van der Waals surface area contributed by atoms with Gasteiger partial charge in [-0.15, -0.1) is 0 Å². The number of aromatic nitrogens is 2. The Morgan fingerprint density at radius 3 is 2.54 bits per heavy atom. The van der Waals surface area contributed by atoms with Gasteiger partial charge in [-0.1, -0.05) is 33.4 Å². The summed E-state index contributed by atoms with van der Waals surface area (Å²) < 4.78 is 1.89. The average Bonchev–Trinajstić information content (AvgIpc) is 3.09. The summed E-state index contributed by atoms with van der Waals surface area (Å²) in [5.41, 5.74) is 16.0. The van der Waals surface area contributed by atoms with E-state index in [4.69, 9.17) is 11.5 Å². The summed E-state index contributed by atoms with van der Waals surface area (Å²) in [6, 6.07) is 5.71. The van der Waals surface area contributed by atoms with E-state index < -0.39 is 0 Å². The zero-order chi connectivity index (χ0) is 26.1. The van der Waals surface area contributed by atoms with Crippen molar-refractivity contribution in [2.45, 2.75) is 65.6 Å². The first-order valence-electron chi connectivity index (χ1n) is 11.8. The van der Waals surface area contributed by atoms with Gasteiger partial charge in [-0.3, -0.25) is 14.6 Å². The van der Waals surface area contributed by atoms with Crippen molar-refractivity contribution in [3.63, 3.8) is 0 Å². The van der Waals surface area contributed by atoms with E-state index in [0.717, 1.165) is 5.56 Å². The largest absolute Gasteiger partial charge is 0.398 e. The predicted octanol–water partition coefficient (Wildman–Crippen LogP) is 2.68. The maximum atomic E-state index is 13.1. The molecule has 2 heterocycles. The molecule has 1 fully saturated rings. The second-order valence-electron chi connectivity index (χ2n) is 10.3. The van der Waals surface area contributed by atoms with Crippen molar-refractivity contribution in [3.05, 3.63) is 59.2 Å². The van der Waals surface area contributed by atoms with Crippen LogP contribution in [0, 0.1) is 6.92 Å². The molecule has 9 nitrogen and oxygen atoms in total. The summed E-state index contributed by atoms with van der Waals surface area (Å²) in [6.45, 7) is 16.8. The molecule has 1 aromatic heterocycles. The van der Waals surface area contributed by atoms with E-state index in [-0.39, 0.29) is 35.9 Å². The Labute approximate surface area is 207 Å². The lowest BCUT2D eigenvalue weighted by molar-refractivity contribution is -0.130. The first-order valence-corrected chi connectivity index (χ1v) is 11.8. The summed E-state index contributed by atoms with van der Waals surface area (Å²) in [7, 11) is 0. The number of carbonyl (C=O) groups excluding carboxylic acids is 2.